The molecule has 0 atom stereocenters. The first-order valence-electron chi connectivity index (χ1n) is 9.08. The number of aromatic nitrogens is 4. The summed E-state index contributed by atoms with van der Waals surface area (Å²) in [6, 6.07) is 13.4. The van der Waals surface area contributed by atoms with E-state index in [-0.39, 0.29) is 11.7 Å². The van der Waals surface area contributed by atoms with E-state index in [1.165, 1.54) is 23.5 Å². The van der Waals surface area contributed by atoms with E-state index in [0.717, 1.165) is 29.2 Å². The van der Waals surface area contributed by atoms with Crippen LogP contribution in [-0.2, 0) is 11.3 Å². The second kappa shape index (κ2) is 10.6. The largest absolute Gasteiger partial charge is 0.324 e. The van der Waals surface area contributed by atoms with Crippen molar-refractivity contribution in [2.75, 3.05) is 16.8 Å². The number of pyridine rings is 1. The lowest BCUT2D eigenvalue weighted by molar-refractivity contribution is -0.113. The standard InChI is InChI=1S/C20H20N6OS2/c1-2-12-26-19(15-7-10-22-11-8-15)24-25-20(26)29-14-18(27)23-16-5-3-4-6-17(16)28-13-9-21/h3-8,10-11H,2,12-14H2,1H3,(H,23,27). The molecule has 0 aliphatic heterocycles. The minimum absolute atomic E-state index is 0.128. The number of carbonyl (C=O) groups is 1. The molecule has 7 nitrogen and oxygen atoms in total. The highest BCUT2D eigenvalue weighted by Crippen LogP contribution is 2.28. The lowest BCUT2D eigenvalue weighted by Gasteiger charge is -2.10. The van der Waals surface area contributed by atoms with Gasteiger partial charge in [0.05, 0.1) is 23.3 Å². The van der Waals surface area contributed by atoms with Gasteiger partial charge in [0.25, 0.3) is 0 Å². The van der Waals surface area contributed by atoms with E-state index in [4.69, 9.17) is 5.26 Å². The topological polar surface area (TPSA) is 96.5 Å². The van der Waals surface area contributed by atoms with Gasteiger partial charge in [0.2, 0.25) is 5.91 Å². The van der Waals surface area contributed by atoms with Crippen LogP contribution in [0.5, 0.6) is 0 Å². The molecule has 0 radical (unpaired) electrons. The van der Waals surface area contributed by atoms with Crippen LogP contribution in [0.4, 0.5) is 5.69 Å². The molecule has 0 unspecified atom stereocenters. The predicted molar refractivity (Wildman–Crippen MR) is 116 cm³/mol. The monoisotopic (exact) mass is 424 g/mol. The number of thioether (sulfide) groups is 2. The number of nitrogens with zero attached hydrogens (tertiary/aromatic N) is 5. The highest BCUT2D eigenvalue weighted by molar-refractivity contribution is 8.00. The minimum Gasteiger partial charge on any atom is -0.324 e. The first-order chi connectivity index (χ1) is 14.2. The van der Waals surface area contributed by atoms with Gasteiger partial charge >= 0.3 is 0 Å². The number of nitrogens with one attached hydrogen (secondary N) is 1. The number of amides is 1. The summed E-state index contributed by atoms with van der Waals surface area (Å²) in [6.07, 6.45) is 4.38. The number of carbonyl (C=O) groups excluding carboxylic acids is 1. The van der Waals surface area contributed by atoms with Crippen LogP contribution in [0, 0.1) is 11.3 Å². The van der Waals surface area contributed by atoms with Crippen LogP contribution in [0.25, 0.3) is 11.4 Å². The fourth-order valence-electron chi connectivity index (χ4n) is 2.66. The predicted octanol–water partition coefficient (Wildman–Crippen LogP) is 4.10. The number of anilines is 1. The smallest absolute Gasteiger partial charge is 0.234 e. The maximum Gasteiger partial charge on any atom is 0.234 e. The Morgan fingerprint density at radius 1 is 1.17 bits per heavy atom. The Hall–Kier alpha value is -2.83. The van der Waals surface area contributed by atoms with Gasteiger partial charge in [0, 0.05) is 29.4 Å². The molecule has 148 valence electrons. The summed E-state index contributed by atoms with van der Waals surface area (Å²) in [4.78, 5) is 17.4. The number of hydrogen-bond acceptors (Lipinski definition) is 7. The fraction of sp³-hybridized carbons (Fsp3) is 0.250. The van der Waals surface area contributed by atoms with Crippen molar-refractivity contribution in [1.82, 2.24) is 19.7 Å². The van der Waals surface area contributed by atoms with Crippen molar-refractivity contribution in [3.63, 3.8) is 0 Å². The van der Waals surface area contributed by atoms with Gasteiger partial charge in [-0.05, 0) is 30.7 Å². The highest BCUT2D eigenvalue weighted by Gasteiger charge is 2.15. The molecule has 3 aromatic rings. The van der Waals surface area contributed by atoms with Crippen LogP contribution in [0.3, 0.4) is 0 Å². The minimum atomic E-state index is -0.128. The van der Waals surface area contributed by atoms with Crippen molar-refractivity contribution in [2.24, 2.45) is 0 Å². The Balaban J connectivity index is 1.68. The van der Waals surface area contributed by atoms with Crippen LogP contribution in [0.1, 0.15) is 13.3 Å². The van der Waals surface area contributed by atoms with Crippen LogP contribution in [0.2, 0.25) is 0 Å². The van der Waals surface area contributed by atoms with Gasteiger partial charge in [0.1, 0.15) is 0 Å². The Kier molecular flexibility index (Phi) is 7.67. The van der Waals surface area contributed by atoms with E-state index < -0.39 is 0 Å². The number of nitriles is 1. The summed E-state index contributed by atoms with van der Waals surface area (Å²) in [5.74, 6) is 1.20. The zero-order valence-electron chi connectivity index (χ0n) is 15.9. The van der Waals surface area contributed by atoms with Crippen molar-refractivity contribution in [3.05, 3.63) is 48.8 Å². The van der Waals surface area contributed by atoms with Gasteiger partial charge in [-0.1, -0.05) is 30.8 Å². The van der Waals surface area contributed by atoms with Crippen LogP contribution >= 0.6 is 23.5 Å². The van der Waals surface area contributed by atoms with Crippen LogP contribution in [0.15, 0.2) is 58.8 Å². The van der Waals surface area contributed by atoms with Gasteiger partial charge in [-0.3, -0.25) is 9.78 Å². The average Bonchev–Trinajstić information content (AvgIpc) is 3.15. The third-order valence-corrected chi connectivity index (χ3v) is 5.80. The maximum absolute atomic E-state index is 12.5. The molecule has 0 bridgehead atoms. The van der Waals surface area contributed by atoms with E-state index in [1.54, 1.807) is 12.4 Å². The summed E-state index contributed by atoms with van der Waals surface area (Å²) in [6.45, 7) is 2.86. The molecule has 0 spiro atoms. The van der Waals surface area contributed by atoms with E-state index in [2.05, 4.69) is 33.5 Å². The number of para-hydroxylation sites is 1. The van der Waals surface area contributed by atoms with Crippen molar-refractivity contribution in [3.8, 4) is 17.5 Å². The zero-order valence-corrected chi connectivity index (χ0v) is 17.5. The summed E-state index contributed by atoms with van der Waals surface area (Å²) in [7, 11) is 0. The van der Waals surface area contributed by atoms with E-state index >= 15 is 0 Å². The number of hydrogen-bond donors (Lipinski definition) is 1. The zero-order chi connectivity index (χ0) is 20.5. The molecule has 9 heteroatoms. The van der Waals surface area contributed by atoms with Crippen molar-refractivity contribution >= 4 is 35.1 Å². The van der Waals surface area contributed by atoms with Gasteiger partial charge in [0.15, 0.2) is 11.0 Å². The van der Waals surface area contributed by atoms with E-state index in [1.807, 2.05) is 41.0 Å². The Labute approximate surface area is 177 Å². The molecule has 1 N–H and O–H groups in total. The van der Waals surface area contributed by atoms with Crippen molar-refractivity contribution < 1.29 is 4.79 Å². The fourth-order valence-corrected chi connectivity index (χ4v) is 4.09. The van der Waals surface area contributed by atoms with Gasteiger partial charge < -0.3 is 9.88 Å². The van der Waals surface area contributed by atoms with Crippen LogP contribution in [-0.4, -0.2) is 37.2 Å². The molecule has 0 aliphatic carbocycles. The average molecular weight is 425 g/mol. The summed E-state index contributed by atoms with van der Waals surface area (Å²) in [5.41, 5.74) is 1.66. The molecule has 1 aromatic carbocycles. The normalized spacial score (nSPS) is 10.5. The van der Waals surface area contributed by atoms with E-state index in [0.29, 0.717) is 16.6 Å². The highest BCUT2D eigenvalue weighted by atomic mass is 32.2. The Bertz CT molecular complexity index is 1000. The number of benzene rings is 1. The molecular formula is C20H20N6OS2. The second-order valence-electron chi connectivity index (χ2n) is 5.97. The maximum atomic E-state index is 12.5. The quantitative estimate of drug-likeness (QED) is 0.517. The third-order valence-electron chi connectivity index (χ3n) is 3.89. The molecule has 0 aliphatic rings. The Morgan fingerprint density at radius 3 is 2.72 bits per heavy atom. The molecule has 1 amide bonds. The molecule has 2 aromatic heterocycles. The molecule has 0 fully saturated rings. The molecule has 0 saturated heterocycles. The molecular weight excluding hydrogens is 404 g/mol. The summed E-state index contributed by atoms with van der Waals surface area (Å²) < 4.78 is 2.03. The van der Waals surface area contributed by atoms with Crippen molar-refractivity contribution in [2.45, 2.75) is 29.9 Å². The molecule has 3 rings (SSSR count). The number of rotatable bonds is 9. The SMILES string of the molecule is CCCn1c(SCC(=O)Nc2ccccc2SCC#N)nnc1-c1ccncc1. The molecule has 2 heterocycles. The Morgan fingerprint density at radius 2 is 1.97 bits per heavy atom. The summed E-state index contributed by atoms with van der Waals surface area (Å²) >= 11 is 2.76. The van der Waals surface area contributed by atoms with Gasteiger partial charge in [-0.2, -0.15) is 5.26 Å². The molecule has 0 saturated carbocycles. The first kappa shape index (κ1) is 20.9. The van der Waals surface area contributed by atoms with Crippen LogP contribution < -0.4 is 5.32 Å². The van der Waals surface area contributed by atoms with Gasteiger partial charge in [-0.25, -0.2) is 0 Å². The van der Waals surface area contributed by atoms with Crippen molar-refractivity contribution in [1.29, 1.82) is 5.26 Å². The lowest BCUT2D eigenvalue weighted by Crippen LogP contribution is -2.15. The third kappa shape index (κ3) is 5.59. The summed E-state index contributed by atoms with van der Waals surface area (Å²) in [5, 5.41) is 21.0. The first-order valence-corrected chi connectivity index (χ1v) is 11.0. The lowest BCUT2D eigenvalue weighted by atomic mass is 10.2. The van der Waals surface area contributed by atoms with E-state index in [9.17, 15) is 4.79 Å². The van der Waals surface area contributed by atoms with Gasteiger partial charge in [-0.15, -0.1) is 22.0 Å². The second-order valence-corrected chi connectivity index (χ2v) is 7.93. The molecule has 29 heavy (non-hydrogen) atoms.